The van der Waals surface area contributed by atoms with Crippen LogP contribution < -0.4 is 19.9 Å². The fourth-order valence-electron chi connectivity index (χ4n) is 3.67. The summed E-state index contributed by atoms with van der Waals surface area (Å²) in [5.41, 5.74) is 1.68. The van der Waals surface area contributed by atoms with E-state index in [1.165, 1.54) is 12.8 Å². The molecule has 0 aliphatic carbocycles. The van der Waals surface area contributed by atoms with Crippen LogP contribution >= 0.6 is 0 Å². The number of anilines is 2. The Labute approximate surface area is 201 Å². The number of nitrogens with one attached hydrogen (secondary N) is 1. The Balaban J connectivity index is 1.46. The molecule has 0 bridgehead atoms. The summed E-state index contributed by atoms with van der Waals surface area (Å²) in [4.78, 5) is 32.8. The van der Waals surface area contributed by atoms with Gasteiger partial charge in [-0.1, -0.05) is 0 Å². The Morgan fingerprint density at radius 1 is 0.971 bits per heavy atom. The third-order valence-corrected chi connectivity index (χ3v) is 5.36. The molecule has 1 fully saturated rings. The molecule has 1 aliphatic heterocycles. The van der Waals surface area contributed by atoms with Gasteiger partial charge >= 0.3 is 12.1 Å². The van der Waals surface area contributed by atoms with E-state index in [2.05, 4.69) is 20.1 Å². The molecule has 9 nitrogen and oxygen atoms in total. The van der Waals surface area contributed by atoms with Gasteiger partial charge in [0.05, 0.1) is 13.7 Å². The van der Waals surface area contributed by atoms with Gasteiger partial charge in [-0.05, 0) is 57.2 Å². The maximum atomic E-state index is 12.0. The SMILES string of the molecule is COC(=O)C(CCOc1ccc(N2CCN(c3ccncc3)CC2)cc1)NC(=O)OC(C)(C)C. The summed E-state index contributed by atoms with van der Waals surface area (Å²) in [7, 11) is 1.28. The highest BCUT2D eigenvalue weighted by Gasteiger charge is 2.25. The van der Waals surface area contributed by atoms with E-state index in [9.17, 15) is 9.59 Å². The van der Waals surface area contributed by atoms with Crippen molar-refractivity contribution in [1.29, 1.82) is 0 Å². The molecule has 2 aromatic rings. The molecule has 1 saturated heterocycles. The first kappa shape index (κ1) is 25.1. The first-order chi connectivity index (χ1) is 16.2. The minimum atomic E-state index is -0.851. The number of amides is 1. The Kier molecular flexibility index (Phi) is 8.56. The Morgan fingerprint density at radius 3 is 2.06 bits per heavy atom. The van der Waals surface area contributed by atoms with E-state index in [-0.39, 0.29) is 13.0 Å². The van der Waals surface area contributed by atoms with Gasteiger partial charge < -0.3 is 29.3 Å². The predicted octanol–water partition coefficient (Wildman–Crippen LogP) is 3.24. The summed E-state index contributed by atoms with van der Waals surface area (Å²) < 4.78 is 15.8. The van der Waals surface area contributed by atoms with Gasteiger partial charge in [-0.2, -0.15) is 0 Å². The molecule has 0 spiro atoms. The zero-order valence-corrected chi connectivity index (χ0v) is 20.3. The van der Waals surface area contributed by atoms with E-state index in [0.717, 1.165) is 31.9 Å². The fourth-order valence-corrected chi connectivity index (χ4v) is 3.67. The standard InChI is InChI=1S/C25H34N4O5/c1-25(2,3)34-24(31)27-22(23(30)32-4)11-18-33-21-7-5-19(6-8-21)28-14-16-29(17-15-28)20-9-12-26-13-10-20/h5-10,12-13,22H,11,14-18H2,1-4H3,(H,27,31). The third-order valence-electron chi connectivity index (χ3n) is 5.36. The van der Waals surface area contributed by atoms with Crippen LogP contribution in [-0.4, -0.2) is 68.6 Å². The van der Waals surface area contributed by atoms with Gasteiger partial charge in [-0.25, -0.2) is 9.59 Å². The smallest absolute Gasteiger partial charge is 0.408 e. The van der Waals surface area contributed by atoms with Crippen LogP contribution in [-0.2, 0) is 14.3 Å². The van der Waals surface area contributed by atoms with E-state index in [0.29, 0.717) is 5.75 Å². The molecule has 0 saturated carbocycles. The van der Waals surface area contributed by atoms with E-state index in [1.54, 1.807) is 20.8 Å². The normalized spacial score (nSPS) is 14.8. The maximum absolute atomic E-state index is 12.0. The number of ether oxygens (including phenoxy) is 3. The summed E-state index contributed by atoms with van der Waals surface area (Å²) in [6.07, 6.45) is 3.23. The second-order valence-corrected chi connectivity index (χ2v) is 9.03. The van der Waals surface area contributed by atoms with Crippen LogP contribution in [0.4, 0.5) is 16.2 Å². The van der Waals surface area contributed by atoms with Gasteiger partial charge in [0, 0.05) is 56.4 Å². The topological polar surface area (TPSA) is 93.2 Å². The van der Waals surface area contributed by atoms with E-state index in [1.807, 2.05) is 48.8 Å². The van der Waals surface area contributed by atoms with Crippen molar-refractivity contribution in [3.63, 3.8) is 0 Å². The summed E-state index contributed by atoms with van der Waals surface area (Å²) in [5, 5.41) is 2.55. The lowest BCUT2D eigenvalue weighted by Crippen LogP contribution is -2.46. The number of hydrogen-bond donors (Lipinski definition) is 1. The number of methoxy groups -OCH3 is 1. The van der Waals surface area contributed by atoms with Gasteiger partial charge in [-0.15, -0.1) is 0 Å². The first-order valence-electron chi connectivity index (χ1n) is 11.5. The van der Waals surface area contributed by atoms with E-state index >= 15 is 0 Å². The lowest BCUT2D eigenvalue weighted by Gasteiger charge is -2.37. The van der Waals surface area contributed by atoms with Gasteiger partial charge in [0.1, 0.15) is 17.4 Å². The van der Waals surface area contributed by atoms with Gasteiger partial charge in [0.25, 0.3) is 0 Å². The molecule has 1 aromatic carbocycles. The number of rotatable bonds is 8. The minimum Gasteiger partial charge on any atom is -0.493 e. The molecule has 1 N–H and O–H groups in total. The Hall–Kier alpha value is -3.49. The second kappa shape index (κ2) is 11.6. The van der Waals surface area contributed by atoms with Gasteiger partial charge in [0.15, 0.2) is 0 Å². The van der Waals surface area contributed by atoms with Crippen LogP contribution in [0.3, 0.4) is 0 Å². The van der Waals surface area contributed by atoms with Crippen molar-refractivity contribution in [2.75, 3.05) is 49.7 Å². The number of carbonyl (C=O) groups excluding carboxylic acids is 2. The van der Waals surface area contributed by atoms with Crippen LogP contribution in [0, 0.1) is 0 Å². The lowest BCUT2D eigenvalue weighted by atomic mass is 10.2. The van der Waals surface area contributed by atoms with Crippen molar-refractivity contribution < 1.29 is 23.8 Å². The average Bonchev–Trinajstić information content (AvgIpc) is 2.83. The summed E-state index contributed by atoms with van der Waals surface area (Å²) in [5.74, 6) is 0.149. The highest BCUT2D eigenvalue weighted by atomic mass is 16.6. The summed E-state index contributed by atoms with van der Waals surface area (Å²) in [6.45, 7) is 9.26. The monoisotopic (exact) mass is 470 g/mol. The number of benzene rings is 1. The van der Waals surface area contributed by atoms with Crippen LogP contribution in [0.1, 0.15) is 27.2 Å². The molecule has 1 aromatic heterocycles. The van der Waals surface area contributed by atoms with Crippen LogP contribution in [0.5, 0.6) is 5.75 Å². The molecule has 1 atom stereocenters. The average molecular weight is 471 g/mol. The second-order valence-electron chi connectivity index (χ2n) is 9.03. The molecule has 9 heteroatoms. The van der Waals surface area contributed by atoms with E-state index < -0.39 is 23.7 Å². The molecule has 0 radical (unpaired) electrons. The van der Waals surface area contributed by atoms with Crippen LogP contribution in [0.2, 0.25) is 0 Å². The number of carbonyl (C=O) groups is 2. The van der Waals surface area contributed by atoms with Crippen molar-refractivity contribution in [2.45, 2.75) is 38.8 Å². The van der Waals surface area contributed by atoms with Gasteiger partial charge in [-0.3, -0.25) is 4.98 Å². The first-order valence-corrected chi connectivity index (χ1v) is 11.5. The predicted molar refractivity (Wildman–Crippen MR) is 130 cm³/mol. The van der Waals surface area contributed by atoms with Crippen molar-refractivity contribution in [3.05, 3.63) is 48.8 Å². The van der Waals surface area contributed by atoms with Crippen molar-refractivity contribution in [1.82, 2.24) is 10.3 Å². The fraction of sp³-hybridized carbons (Fsp3) is 0.480. The Bertz CT molecular complexity index is 923. The molecular formula is C25H34N4O5. The summed E-state index contributed by atoms with van der Waals surface area (Å²) in [6, 6.07) is 11.1. The number of piperazine rings is 1. The molecule has 2 heterocycles. The van der Waals surface area contributed by atoms with E-state index in [4.69, 9.17) is 14.2 Å². The molecule has 1 aliphatic rings. The lowest BCUT2D eigenvalue weighted by molar-refractivity contribution is -0.143. The molecule has 1 amide bonds. The molecular weight excluding hydrogens is 436 g/mol. The maximum Gasteiger partial charge on any atom is 0.408 e. The number of alkyl carbamates (subject to hydrolysis) is 1. The number of esters is 1. The Morgan fingerprint density at radius 2 is 1.53 bits per heavy atom. The quantitative estimate of drug-likeness (QED) is 0.588. The van der Waals surface area contributed by atoms with Crippen LogP contribution in [0.25, 0.3) is 0 Å². The molecule has 1 unspecified atom stereocenters. The van der Waals surface area contributed by atoms with Gasteiger partial charge in [0.2, 0.25) is 0 Å². The zero-order valence-electron chi connectivity index (χ0n) is 20.3. The number of aromatic nitrogens is 1. The number of nitrogens with zero attached hydrogens (tertiary/aromatic N) is 3. The largest absolute Gasteiger partial charge is 0.493 e. The van der Waals surface area contributed by atoms with Crippen molar-refractivity contribution in [3.8, 4) is 5.75 Å². The minimum absolute atomic E-state index is 0.236. The molecule has 3 rings (SSSR count). The zero-order chi connectivity index (χ0) is 24.6. The summed E-state index contributed by atoms with van der Waals surface area (Å²) >= 11 is 0. The third kappa shape index (κ3) is 7.54. The highest BCUT2D eigenvalue weighted by molar-refractivity contribution is 5.81. The number of hydrogen-bond acceptors (Lipinski definition) is 8. The molecule has 184 valence electrons. The molecule has 34 heavy (non-hydrogen) atoms. The van der Waals surface area contributed by atoms with Crippen molar-refractivity contribution >= 4 is 23.4 Å². The highest BCUT2D eigenvalue weighted by Crippen LogP contribution is 2.23. The van der Waals surface area contributed by atoms with Crippen LogP contribution in [0.15, 0.2) is 48.8 Å². The van der Waals surface area contributed by atoms with Crippen molar-refractivity contribution in [2.24, 2.45) is 0 Å². The number of pyridine rings is 1.